The minimum Gasteiger partial charge on any atom is -0.494 e. The van der Waals surface area contributed by atoms with Gasteiger partial charge in [0.25, 0.3) is 5.69 Å². The smallest absolute Gasteiger partial charge is 0.273 e. The highest BCUT2D eigenvalue weighted by Crippen LogP contribution is 2.65. The molecule has 2 saturated carbocycles. The van der Waals surface area contributed by atoms with Crippen molar-refractivity contribution >= 4 is 29.1 Å². The minimum absolute atomic E-state index is 0.0283. The van der Waals surface area contributed by atoms with Gasteiger partial charge in [-0.3, -0.25) is 29.4 Å². The molecular weight excluding hydrogens is 390 g/mol. The number of hydrogen-bond donors (Lipinski definition) is 1. The fourth-order valence-electron chi connectivity index (χ4n) is 5.56. The van der Waals surface area contributed by atoms with Crippen LogP contribution >= 0.6 is 0 Å². The molecule has 1 aromatic rings. The highest BCUT2D eigenvalue weighted by molar-refractivity contribution is 6.06. The van der Waals surface area contributed by atoms with Gasteiger partial charge in [-0.1, -0.05) is 12.2 Å². The number of likely N-dealkylation sites (tertiary alicyclic amines) is 1. The summed E-state index contributed by atoms with van der Waals surface area (Å²) in [4.78, 5) is 49.9. The van der Waals surface area contributed by atoms with E-state index in [0.717, 1.165) is 6.42 Å². The monoisotopic (exact) mass is 411 g/mol. The number of hydrogen-bond acceptors (Lipinski definition) is 6. The fourth-order valence-corrected chi connectivity index (χ4v) is 5.56. The molecule has 3 fully saturated rings. The van der Waals surface area contributed by atoms with E-state index in [9.17, 15) is 24.5 Å². The van der Waals surface area contributed by atoms with Crippen LogP contribution in [-0.2, 0) is 14.4 Å². The van der Waals surface area contributed by atoms with Gasteiger partial charge >= 0.3 is 0 Å². The highest BCUT2D eigenvalue weighted by Gasteiger charge is 2.66. The van der Waals surface area contributed by atoms with Crippen molar-refractivity contribution in [3.05, 3.63) is 40.5 Å². The van der Waals surface area contributed by atoms with E-state index in [1.165, 1.54) is 30.2 Å². The number of methoxy groups -OCH3 is 1. The van der Waals surface area contributed by atoms with Gasteiger partial charge in [-0.2, -0.15) is 0 Å². The van der Waals surface area contributed by atoms with Gasteiger partial charge in [0.2, 0.25) is 17.7 Å². The Labute approximate surface area is 172 Å². The standard InChI is InChI=1S/C21H21N3O6/c1-30-16-8-10(24(28)29)2-5-15(16)22-17(25)6-7-23-20(26)18-11-3-4-12(14-9-13(11)14)19(18)21(23)27/h2-5,8,11-14,18-19H,6-7,9H2,1H3,(H,22,25)/t11-,12-,13-,14+,18-,19+/m0/s1. The van der Waals surface area contributed by atoms with E-state index in [1.807, 2.05) is 0 Å². The van der Waals surface area contributed by atoms with Gasteiger partial charge in [0.05, 0.1) is 35.6 Å². The number of allylic oxidation sites excluding steroid dienone is 2. The van der Waals surface area contributed by atoms with Crippen LogP contribution in [0.5, 0.6) is 5.75 Å². The summed E-state index contributed by atoms with van der Waals surface area (Å²) >= 11 is 0. The van der Waals surface area contributed by atoms with E-state index >= 15 is 0 Å². The number of nitrogens with one attached hydrogen (secondary N) is 1. The lowest BCUT2D eigenvalue weighted by atomic mass is 9.63. The van der Waals surface area contributed by atoms with E-state index in [-0.39, 0.29) is 59.9 Å². The molecule has 1 aliphatic heterocycles. The molecule has 6 rings (SSSR count). The lowest BCUT2D eigenvalue weighted by molar-refractivity contribution is -0.384. The van der Waals surface area contributed by atoms with Crippen LogP contribution in [0.3, 0.4) is 0 Å². The van der Waals surface area contributed by atoms with Crippen molar-refractivity contribution < 1.29 is 24.0 Å². The summed E-state index contributed by atoms with van der Waals surface area (Å²) in [7, 11) is 1.35. The number of nitrogens with zero attached hydrogens (tertiary/aromatic N) is 2. The van der Waals surface area contributed by atoms with Crippen molar-refractivity contribution in [1.29, 1.82) is 0 Å². The number of carbonyl (C=O) groups is 3. The van der Waals surface area contributed by atoms with Crippen molar-refractivity contribution in [2.75, 3.05) is 19.0 Å². The molecule has 0 radical (unpaired) electrons. The van der Waals surface area contributed by atoms with Crippen molar-refractivity contribution in [3.8, 4) is 5.75 Å². The second-order valence-corrected chi connectivity index (χ2v) is 8.42. The predicted octanol–water partition coefficient (Wildman–Crippen LogP) is 1.99. The van der Waals surface area contributed by atoms with Crippen LogP contribution in [0.1, 0.15) is 12.8 Å². The Hall–Kier alpha value is -3.23. The molecule has 4 aliphatic carbocycles. The molecule has 0 spiro atoms. The molecule has 1 aromatic carbocycles. The summed E-state index contributed by atoms with van der Waals surface area (Å²) < 4.78 is 5.11. The minimum atomic E-state index is -0.551. The van der Waals surface area contributed by atoms with Gasteiger partial charge in [0.15, 0.2) is 0 Å². The quantitative estimate of drug-likeness (QED) is 0.331. The Kier molecular flexibility index (Phi) is 4.16. The topological polar surface area (TPSA) is 119 Å². The summed E-state index contributed by atoms with van der Waals surface area (Å²) in [6.07, 6.45) is 5.28. The van der Waals surface area contributed by atoms with Gasteiger partial charge in [0, 0.05) is 19.0 Å². The van der Waals surface area contributed by atoms with Gasteiger partial charge in [-0.05, 0) is 36.2 Å². The Balaban J connectivity index is 1.24. The summed E-state index contributed by atoms with van der Waals surface area (Å²) in [6, 6.07) is 3.89. The van der Waals surface area contributed by atoms with Gasteiger partial charge in [0.1, 0.15) is 5.75 Å². The first kappa shape index (κ1) is 18.8. The van der Waals surface area contributed by atoms with E-state index in [4.69, 9.17) is 4.74 Å². The van der Waals surface area contributed by atoms with E-state index in [2.05, 4.69) is 17.5 Å². The Bertz CT molecular complexity index is 968. The first-order chi connectivity index (χ1) is 14.4. The maximum Gasteiger partial charge on any atom is 0.273 e. The van der Waals surface area contributed by atoms with E-state index in [1.54, 1.807) is 0 Å². The number of nitro groups is 1. The van der Waals surface area contributed by atoms with Crippen molar-refractivity contribution in [3.63, 3.8) is 0 Å². The Morgan fingerprint density at radius 1 is 1.20 bits per heavy atom. The molecule has 1 saturated heterocycles. The molecule has 1 heterocycles. The molecule has 3 amide bonds. The van der Waals surface area contributed by atoms with Gasteiger partial charge in [-0.15, -0.1) is 0 Å². The number of non-ortho nitro benzene ring substituents is 1. The zero-order valence-corrected chi connectivity index (χ0v) is 16.3. The van der Waals surface area contributed by atoms with Gasteiger partial charge in [-0.25, -0.2) is 0 Å². The number of nitro benzene ring substituents is 1. The molecule has 2 bridgehead atoms. The van der Waals surface area contributed by atoms with E-state index in [0.29, 0.717) is 17.5 Å². The molecule has 9 heteroatoms. The molecule has 6 atom stereocenters. The molecule has 156 valence electrons. The Morgan fingerprint density at radius 3 is 2.40 bits per heavy atom. The van der Waals surface area contributed by atoms with Crippen molar-refractivity contribution in [2.45, 2.75) is 12.8 Å². The summed E-state index contributed by atoms with van der Waals surface area (Å²) in [5, 5.41) is 13.5. The molecule has 9 nitrogen and oxygen atoms in total. The first-order valence-electron chi connectivity index (χ1n) is 10.1. The molecule has 5 aliphatic rings. The lowest BCUT2D eigenvalue weighted by Crippen LogP contribution is -2.40. The highest BCUT2D eigenvalue weighted by atomic mass is 16.6. The SMILES string of the molecule is COc1cc([N+](=O)[O-])ccc1NC(=O)CCN1C(=O)[C@@H]2[C@H]3C=C[C@@H]([C@@H]4C[C@H]34)[C@@H]2C1=O. The first-order valence-corrected chi connectivity index (χ1v) is 10.1. The average Bonchev–Trinajstić information content (AvgIpc) is 3.51. The zero-order valence-electron chi connectivity index (χ0n) is 16.3. The molecule has 0 unspecified atom stereocenters. The maximum absolute atomic E-state index is 12.9. The number of imide groups is 1. The van der Waals surface area contributed by atoms with Crippen LogP contribution in [0.4, 0.5) is 11.4 Å². The number of rotatable bonds is 6. The fraction of sp³-hybridized carbons (Fsp3) is 0.476. The van der Waals surface area contributed by atoms with Crippen LogP contribution < -0.4 is 10.1 Å². The van der Waals surface area contributed by atoms with Crippen LogP contribution in [0.15, 0.2) is 30.4 Å². The van der Waals surface area contributed by atoms with Crippen molar-refractivity contribution in [1.82, 2.24) is 4.90 Å². The Morgan fingerprint density at radius 2 is 1.83 bits per heavy atom. The molecule has 30 heavy (non-hydrogen) atoms. The van der Waals surface area contributed by atoms with Crippen LogP contribution in [-0.4, -0.2) is 41.2 Å². The molecule has 1 N–H and O–H groups in total. The summed E-state index contributed by atoms with van der Waals surface area (Å²) in [6.45, 7) is 0.0283. The molecular formula is C21H21N3O6. The van der Waals surface area contributed by atoms with Crippen molar-refractivity contribution in [2.24, 2.45) is 35.5 Å². The third kappa shape index (κ3) is 2.72. The number of benzene rings is 1. The van der Waals surface area contributed by atoms with E-state index < -0.39 is 10.8 Å². The summed E-state index contributed by atoms with van der Waals surface area (Å²) in [5.41, 5.74) is 0.144. The van der Waals surface area contributed by atoms with Crippen LogP contribution in [0.25, 0.3) is 0 Å². The normalized spacial score (nSPS) is 32.6. The van der Waals surface area contributed by atoms with Gasteiger partial charge < -0.3 is 10.1 Å². The third-order valence-corrected chi connectivity index (χ3v) is 6.99. The molecule has 0 aromatic heterocycles. The maximum atomic E-state index is 12.9. The number of anilines is 1. The average molecular weight is 411 g/mol. The third-order valence-electron chi connectivity index (χ3n) is 6.99. The number of ether oxygens (including phenoxy) is 1. The lowest BCUT2D eigenvalue weighted by Gasteiger charge is -2.37. The van der Waals surface area contributed by atoms with Crippen LogP contribution in [0, 0.1) is 45.6 Å². The van der Waals surface area contributed by atoms with Crippen LogP contribution in [0.2, 0.25) is 0 Å². The number of carbonyl (C=O) groups excluding carboxylic acids is 3. The largest absolute Gasteiger partial charge is 0.494 e. The predicted molar refractivity (Wildman–Crippen MR) is 104 cm³/mol. The second-order valence-electron chi connectivity index (χ2n) is 8.42. The number of amides is 3. The summed E-state index contributed by atoms with van der Waals surface area (Å²) in [5.74, 6) is 0.301. The zero-order chi connectivity index (χ0) is 21.2. The second kappa shape index (κ2) is 6.65.